The molecular formula is C20H14F2N6O. The minimum atomic E-state index is -0.912. The normalized spacial score (nSPS) is 11.4. The van der Waals surface area contributed by atoms with Crippen molar-refractivity contribution in [2.24, 2.45) is 7.05 Å². The van der Waals surface area contributed by atoms with E-state index in [0.29, 0.717) is 17.0 Å². The minimum Gasteiger partial charge on any atom is -0.345 e. The van der Waals surface area contributed by atoms with Gasteiger partial charge >= 0.3 is 0 Å². The Kier molecular flexibility index (Phi) is 3.94. The first-order valence-electron chi connectivity index (χ1n) is 8.80. The van der Waals surface area contributed by atoms with Gasteiger partial charge in [0.2, 0.25) is 11.7 Å². The van der Waals surface area contributed by atoms with Gasteiger partial charge in [-0.15, -0.1) is 0 Å². The summed E-state index contributed by atoms with van der Waals surface area (Å²) in [6, 6.07) is 5.96. The number of hydrogen-bond donors (Lipinski definition) is 1. The van der Waals surface area contributed by atoms with Crippen LogP contribution in [-0.4, -0.2) is 29.9 Å². The van der Waals surface area contributed by atoms with Gasteiger partial charge in [-0.25, -0.2) is 13.8 Å². The van der Waals surface area contributed by atoms with Gasteiger partial charge in [0.05, 0.1) is 12.6 Å². The van der Waals surface area contributed by atoms with Gasteiger partial charge in [-0.1, -0.05) is 17.3 Å². The number of aromatic amines is 1. The van der Waals surface area contributed by atoms with Crippen molar-refractivity contribution in [3.8, 4) is 22.5 Å². The maximum absolute atomic E-state index is 13.9. The van der Waals surface area contributed by atoms with E-state index in [2.05, 4.69) is 25.2 Å². The van der Waals surface area contributed by atoms with E-state index in [0.717, 1.165) is 22.6 Å². The Morgan fingerprint density at radius 3 is 2.90 bits per heavy atom. The molecule has 0 saturated heterocycles. The smallest absolute Gasteiger partial charge is 0.231 e. The van der Waals surface area contributed by atoms with E-state index in [1.165, 1.54) is 12.1 Å². The molecule has 9 heteroatoms. The molecule has 4 aromatic heterocycles. The highest BCUT2D eigenvalue weighted by molar-refractivity contribution is 5.93. The molecule has 0 aliphatic rings. The van der Waals surface area contributed by atoms with Gasteiger partial charge < -0.3 is 9.51 Å². The lowest BCUT2D eigenvalue weighted by Gasteiger charge is -1.99. The molecule has 0 aliphatic carbocycles. The summed E-state index contributed by atoms with van der Waals surface area (Å²) in [6.07, 6.45) is 7.15. The van der Waals surface area contributed by atoms with Crippen LogP contribution in [-0.2, 0) is 13.5 Å². The summed E-state index contributed by atoms with van der Waals surface area (Å²) in [4.78, 5) is 11.9. The van der Waals surface area contributed by atoms with Crippen molar-refractivity contribution in [1.82, 2.24) is 29.9 Å². The minimum absolute atomic E-state index is 0.00185. The van der Waals surface area contributed by atoms with Gasteiger partial charge in [0, 0.05) is 53.3 Å². The molecule has 5 rings (SSSR count). The molecule has 0 saturated carbocycles. The first kappa shape index (κ1) is 17.2. The lowest BCUT2D eigenvalue weighted by molar-refractivity contribution is 0.383. The van der Waals surface area contributed by atoms with Crippen molar-refractivity contribution >= 4 is 11.0 Å². The Bertz CT molecular complexity index is 1340. The van der Waals surface area contributed by atoms with Gasteiger partial charge in [0.25, 0.3) is 0 Å². The van der Waals surface area contributed by atoms with E-state index < -0.39 is 11.6 Å². The molecule has 4 heterocycles. The number of halogens is 2. The molecule has 0 spiro atoms. The fourth-order valence-electron chi connectivity index (χ4n) is 3.20. The van der Waals surface area contributed by atoms with Crippen molar-refractivity contribution in [1.29, 1.82) is 0 Å². The van der Waals surface area contributed by atoms with Gasteiger partial charge in [0.15, 0.2) is 11.6 Å². The molecule has 0 bridgehead atoms. The van der Waals surface area contributed by atoms with Crippen LogP contribution in [0.1, 0.15) is 11.5 Å². The molecule has 0 amide bonds. The lowest BCUT2D eigenvalue weighted by atomic mass is 10.1. The zero-order chi connectivity index (χ0) is 20.0. The fraction of sp³-hybridized carbons (Fsp3) is 0.100. The highest BCUT2D eigenvalue weighted by Crippen LogP contribution is 2.29. The van der Waals surface area contributed by atoms with E-state index >= 15 is 0 Å². The maximum Gasteiger partial charge on any atom is 0.231 e. The summed E-state index contributed by atoms with van der Waals surface area (Å²) < 4.78 is 34.3. The molecule has 0 atom stereocenters. The van der Waals surface area contributed by atoms with Crippen molar-refractivity contribution in [3.63, 3.8) is 0 Å². The zero-order valence-corrected chi connectivity index (χ0v) is 15.2. The molecule has 0 radical (unpaired) electrons. The Balaban J connectivity index is 1.50. The van der Waals surface area contributed by atoms with E-state index in [1.54, 1.807) is 23.3 Å². The number of aromatic nitrogens is 6. The van der Waals surface area contributed by atoms with Crippen LogP contribution in [0.5, 0.6) is 0 Å². The van der Waals surface area contributed by atoms with E-state index in [4.69, 9.17) is 4.52 Å². The molecule has 0 fully saturated rings. The lowest BCUT2D eigenvalue weighted by Crippen LogP contribution is -1.95. The third-order valence-electron chi connectivity index (χ3n) is 4.65. The van der Waals surface area contributed by atoms with Gasteiger partial charge in [-0.05, 0) is 12.1 Å². The van der Waals surface area contributed by atoms with Gasteiger partial charge in [-0.2, -0.15) is 10.1 Å². The van der Waals surface area contributed by atoms with Crippen LogP contribution in [0, 0.1) is 11.6 Å². The SMILES string of the molecule is Cn1cc(-c2cnc3[nH]cc(-c4noc(Cc5cccc(F)c5F)n4)c3c2)cn1. The number of pyridine rings is 1. The number of benzene rings is 1. The van der Waals surface area contributed by atoms with Crippen LogP contribution in [0.4, 0.5) is 8.78 Å². The number of nitrogens with one attached hydrogen (secondary N) is 1. The predicted octanol–water partition coefficient (Wildman–Crippen LogP) is 3.88. The van der Waals surface area contributed by atoms with Gasteiger partial charge in [-0.3, -0.25) is 4.68 Å². The van der Waals surface area contributed by atoms with Crippen molar-refractivity contribution in [3.05, 3.63) is 72.1 Å². The molecular weight excluding hydrogens is 378 g/mol. The summed E-state index contributed by atoms with van der Waals surface area (Å²) in [7, 11) is 1.85. The standard InChI is InChI=1S/C20H14F2N6O/c1-28-10-13(8-25-28)12-5-14-15(9-24-19(14)23-7-12)20-26-17(29-27-20)6-11-3-2-4-16(21)18(11)22/h2-5,7-10H,6H2,1H3,(H,23,24). The highest BCUT2D eigenvalue weighted by atomic mass is 19.2. The number of nitrogens with zero attached hydrogens (tertiary/aromatic N) is 5. The van der Waals surface area contributed by atoms with Gasteiger partial charge in [0.1, 0.15) is 5.65 Å². The molecule has 0 aliphatic heterocycles. The van der Waals surface area contributed by atoms with Crippen LogP contribution in [0.3, 0.4) is 0 Å². The van der Waals surface area contributed by atoms with Crippen LogP contribution in [0.2, 0.25) is 0 Å². The Morgan fingerprint density at radius 1 is 1.17 bits per heavy atom. The second kappa shape index (κ2) is 6.62. The van der Waals surface area contributed by atoms with Crippen LogP contribution >= 0.6 is 0 Å². The van der Waals surface area contributed by atoms with Crippen molar-refractivity contribution < 1.29 is 13.3 Å². The monoisotopic (exact) mass is 392 g/mol. The molecule has 1 aromatic carbocycles. The second-order valence-corrected chi connectivity index (χ2v) is 6.63. The third kappa shape index (κ3) is 3.06. The summed E-state index contributed by atoms with van der Waals surface area (Å²) in [5.41, 5.74) is 3.37. The van der Waals surface area contributed by atoms with Crippen molar-refractivity contribution in [2.45, 2.75) is 6.42 Å². The van der Waals surface area contributed by atoms with Crippen LogP contribution in [0.25, 0.3) is 33.5 Å². The number of hydrogen-bond acceptors (Lipinski definition) is 5. The average molecular weight is 392 g/mol. The Hall–Kier alpha value is -3.88. The topological polar surface area (TPSA) is 85.4 Å². The first-order chi connectivity index (χ1) is 14.1. The number of rotatable bonds is 4. The third-order valence-corrected chi connectivity index (χ3v) is 4.65. The van der Waals surface area contributed by atoms with Crippen molar-refractivity contribution in [2.75, 3.05) is 0 Å². The molecule has 7 nitrogen and oxygen atoms in total. The number of fused-ring (bicyclic) bond motifs is 1. The molecule has 1 N–H and O–H groups in total. The molecule has 5 aromatic rings. The summed E-state index contributed by atoms with van der Waals surface area (Å²) >= 11 is 0. The zero-order valence-electron chi connectivity index (χ0n) is 15.2. The Labute approximate surface area is 163 Å². The number of H-pyrrole nitrogens is 1. The summed E-state index contributed by atoms with van der Waals surface area (Å²) in [6.45, 7) is 0. The molecule has 29 heavy (non-hydrogen) atoms. The quantitative estimate of drug-likeness (QED) is 0.502. The van der Waals surface area contributed by atoms with Crippen LogP contribution < -0.4 is 0 Å². The first-order valence-corrected chi connectivity index (χ1v) is 8.80. The summed E-state index contributed by atoms with van der Waals surface area (Å²) in [5, 5.41) is 8.99. The highest BCUT2D eigenvalue weighted by Gasteiger charge is 2.17. The predicted molar refractivity (Wildman–Crippen MR) is 101 cm³/mol. The van der Waals surface area contributed by atoms with Crippen LogP contribution in [0.15, 0.2) is 53.6 Å². The molecule has 0 unspecified atom stereocenters. The molecule has 144 valence electrons. The largest absolute Gasteiger partial charge is 0.345 e. The average Bonchev–Trinajstić information content (AvgIpc) is 3.44. The maximum atomic E-state index is 13.9. The second-order valence-electron chi connectivity index (χ2n) is 6.63. The number of aryl methyl sites for hydroxylation is 1. The fourth-order valence-corrected chi connectivity index (χ4v) is 3.20. The summed E-state index contributed by atoms with van der Waals surface area (Å²) in [5.74, 6) is -1.29. The van der Waals surface area contributed by atoms with E-state index in [-0.39, 0.29) is 17.9 Å². The van der Waals surface area contributed by atoms with E-state index in [1.807, 2.05) is 19.3 Å². The Morgan fingerprint density at radius 2 is 2.07 bits per heavy atom. The van der Waals surface area contributed by atoms with E-state index in [9.17, 15) is 8.78 Å².